The first-order chi connectivity index (χ1) is 5.38. The molecule has 0 spiro atoms. The normalized spacial score (nSPS) is 35.6. The van der Waals surface area contributed by atoms with Crippen LogP contribution in [0.2, 0.25) is 0 Å². The average molecular weight is 292 g/mol. The van der Waals surface area contributed by atoms with Crippen molar-refractivity contribution in [2.24, 2.45) is 0 Å². The van der Waals surface area contributed by atoms with Crippen molar-refractivity contribution in [2.75, 3.05) is 0 Å². The van der Waals surface area contributed by atoms with Crippen molar-refractivity contribution in [2.45, 2.75) is 15.8 Å². The predicted molar refractivity (Wildman–Crippen MR) is 46.0 cm³/mol. The Bertz CT molecular complexity index is 230. The fourth-order valence-corrected chi connectivity index (χ4v) is 1.64. The van der Waals surface area contributed by atoms with Gasteiger partial charge in [0.1, 0.15) is 0 Å². The van der Waals surface area contributed by atoms with Crippen molar-refractivity contribution in [3.8, 4) is 0 Å². The average Bonchev–Trinajstić information content (AvgIpc) is 1.93. The minimum absolute atomic E-state index is 0.546. The third-order valence-corrected chi connectivity index (χ3v) is 2.89. The van der Waals surface area contributed by atoms with Gasteiger partial charge in [0.2, 0.25) is 5.67 Å². The molecule has 0 radical (unpaired) electrons. The Hall–Kier alpha value is -0.0700. The number of hydrogen-bond acceptors (Lipinski definition) is 0. The van der Waals surface area contributed by atoms with Crippen molar-refractivity contribution in [1.29, 1.82) is 0 Å². The summed E-state index contributed by atoms with van der Waals surface area (Å²) >= 11 is 1.43. The molecule has 0 amide bonds. The Kier molecular flexibility index (Phi) is 2.51. The highest BCUT2D eigenvalue weighted by atomic mass is 127. The van der Waals surface area contributed by atoms with Gasteiger partial charge in [-0.15, -0.1) is 0 Å². The second kappa shape index (κ2) is 3.01. The summed E-state index contributed by atoms with van der Waals surface area (Å²) in [6.45, 7) is 0. The molecule has 0 heterocycles. The second-order valence-corrected chi connectivity index (χ2v) is 3.75. The van der Waals surface area contributed by atoms with E-state index in [1.807, 2.05) is 0 Å². The summed E-state index contributed by atoms with van der Waals surface area (Å²) < 4.78 is 48.4. The minimum atomic E-state index is -4.83. The Morgan fingerprint density at radius 3 is 2.17 bits per heavy atom. The SMILES string of the molecule is FC(F)(F)C1(F)C=CC=CC1I. The Morgan fingerprint density at radius 1 is 1.25 bits per heavy atom. The van der Waals surface area contributed by atoms with Gasteiger partial charge in [-0.3, -0.25) is 0 Å². The van der Waals surface area contributed by atoms with Gasteiger partial charge < -0.3 is 0 Å². The molecule has 0 aromatic heterocycles. The van der Waals surface area contributed by atoms with Crippen LogP contribution in [0.1, 0.15) is 0 Å². The van der Waals surface area contributed by atoms with Crippen molar-refractivity contribution < 1.29 is 17.6 Å². The minimum Gasteiger partial charge on any atom is -0.228 e. The van der Waals surface area contributed by atoms with Gasteiger partial charge in [0.05, 0.1) is 3.92 Å². The van der Waals surface area contributed by atoms with E-state index in [0.717, 1.165) is 6.08 Å². The highest BCUT2D eigenvalue weighted by Gasteiger charge is 2.58. The Balaban J connectivity index is 2.99. The van der Waals surface area contributed by atoms with E-state index < -0.39 is 15.8 Å². The number of rotatable bonds is 0. The topological polar surface area (TPSA) is 0 Å². The Labute approximate surface area is 80.5 Å². The molecule has 0 aromatic carbocycles. The van der Waals surface area contributed by atoms with Crippen LogP contribution in [0, 0.1) is 0 Å². The van der Waals surface area contributed by atoms with Crippen LogP contribution in [0.15, 0.2) is 24.3 Å². The molecule has 1 rings (SSSR count). The third kappa shape index (κ3) is 1.51. The van der Waals surface area contributed by atoms with Crippen LogP contribution in [-0.4, -0.2) is 15.8 Å². The third-order valence-electron chi connectivity index (χ3n) is 1.57. The molecule has 0 saturated heterocycles. The first-order valence-corrected chi connectivity index (χ1v) is 4.38. The summed E-state index contributed by atoms with van der Waals surface area (Å²) in [4.78, 5) is 0. The lowest BCUT2D eigenvalue weighted by molar-refractivity contribution is -0.207. The van der Waals surface area contributed by atoms with Crippen LogP contribution in [0.25, 0.3) is 0 Å². The molecule has 68 valence electrons. The van der Waals surface area contributed by atoms with Crippen molar-refractivity contribution >= 4 is 22.6 Å². The smallest absolute Gasteiger partial charge is 0.228 e. The molecule has 1 aliphatic rings. The molecular formula is C7H5F4I. The zero-order valence-corrected chi connectivity index (χ0v) is 7.93. The van der Waals surface area contributed by atoms with Gasteiger partial charge in [-0.25, -0.2) is 4.39 Å². The van der Waals surface area contributed by atoms with Crippen molar-refractivity contribution in [3.63, 3.8) is 0 Å². The molecule has 0 fully saturated rings. The van der Waals surface area contributed by atoms with E-state index in [2.05, 4.69) is 0 Å². The highest BCUT2D eigenvalue weighted by molar-refractivity contribution is 14.1. The quantitative estimate of drug-likeness (QED) is 0.365. The number of hydrogen-bond donors (Lipinski definition) is 0. The van der Waals surface area contributed by atoms with Crippen molar-refractivity contribution in [3.05, 3.63) is 24.3 Å². The zero-order valence-electron chi connectivity index (χ0n) is 5.78. The zero-order chi connectivity index (χ0) is 9.41. The van der Waals surface area contributed by atoms with E-state index >= 15 is 0 Å². The number of halogens is 5. The molecule has 0 nitrogen and oxygen atoms in total. The molecule has 1 aliphatic carbocycles. The number of allylic oxidation sites excluding steroid dienone is 4. The lowest BCUT2D eigenvalue weighted by atomic mass is 9.97. The molecule has 12 heavy (non-hydrogen) atoms. The first-order valence-electron chi connectivity index (χ1n) is 3.13. The maximum atomic E-state index is 13.2. The summed E-state index contributed by atoms with van der Waals surface area (Å²) in [5.74, 6) is 0. The van der Waals surface area contributed by atoms with Gasteiger partial charge >= 0.3 is 6.18 Å². The molecule has 0 N–H and O–H groups in total. The summed E-state index contributed by atoms with van der Waals surface area (Å²) in [6, 6.07) is 0. The van der Waals surface area contributed by atoms with Crippen LogP contribution < -0.4 is 0 Å². The highest BCUT2D eigenvalue weighted by Crippen LogP contribution is 2.42. The van der Waals surface area contributed by atoms with Crippen LogP contribution in [0.3, 0.4) is 0 Å². The summed E-state index contributed by atoms with van der Waals surface area (Å²) in [5.41, 5.74) is -3.21. The van der Waals surface area contributed by atoms with Gasteiger partial charge in [0.15, 0.2) is 0 Å². The summed E-state index contributed by atoms with van der Waals surface area (Å²) in [7, 11) is 0. The van der Waals surface area contributed by atoms with E-state index in [-0.39, 0.29) is 0 Å². The van der Waals surface area contributed by atoms with E-state index in [1.54, 1.807) is 0 Å². The molecule has 0 aliphatic heterocycles. The predicted octanol–water partition coefficient (Wildman–Crippen LogP) is 3.19. The standard InChI is InChI=1S/C7H5F4I/c8-6(7(9,10)11)4-2-1-3-5(6)12/h1-5H. The molecule has 0 aromatic rings. The van der Waals surface area contributed by atoms with Crippen LogP contribution in [0.4, 0.5) is 17.6 Å². The lowest BCUT2D eigenvalue weighted by Crippen LogP contribution is -2.46. The fraction of sp³-hybridized carbons (Fsp3) is 0.429. The second-order valence-electron chi connectivity index (χ2n) is 2.41. The van der Waals surface area contributed by atoms with E-state index in [1.165, 1.54) is 34.7 Å². The maximum absolute atomic E-state index is 13.2. The fourth-order valence-electron chi connectivity index (χ4n) is 0.840. The van der Waals surface area contributed by atoms with E-state index in [9.17, 15) is 17.6 Å². The van der Waals surface area contributed by atoms with E-state index in [0.29, 0.717) is 6.08 Å². The molecule has 2 atom stereocenters. The molecule has 0 saturated carbocycles. The largest absolute Gasteiger partial charge is 0.427 e. The monoisotopic (exact) mass is 292 g/mol. The lowest BCUT2D eigenvalue weighted by Gasteiger charge is -2.29. The summed E-state index contributed by atoms with van der Waals surface area (Å²) in [5, 5.41) is 0. The first kappa shape index (κ1) is 10.0. The molecule has 0 bridgehead atoms. The molecule has 5 heteroatoms. The molecule has 2 unspecified atom stereocenters. The van der Waals surface area contributed by atoms with E-state index in [4.69, 9.17) is 0 Å². The van der Waals surface area contributed by atoms with Gasteiger partial charge in [0, 0.05) is 0 Å². The summed E-state index contributed by atoms with van der Waals surface area (Å²) in [6.07, 6.45) is -0.623. The maximum Gasteiger partial charge on any atom is 0.427 e. The van der Waals surface area contributed by atoms with Gasteiger partial charge in [-0.05, 0) is 6.08 Å². The van der Waals surface area contributed by atoms with Crippen LogP contribution in [0.5, 0.6) is 0 Å². The van der Waals surface area contributed by atoms with Crippen molar-refractivity contribution in [1.82, 2.24) is 0 Å². The van der Waals surface area contributed by atoms with Crippen LogP contribution >= 0.6 is 22.6 Å². The molecular weight excluding hydrogens is 287 g/mol. The van der Waals surface area contributed by atoms with Gasteiger partial charge in [0.25, 0.3) is 0 Å². The Morgan fingerprint density at radius 2 is 1.83 bits per heavy atom. The van der Waals surface area contributed by atoms with Crippen LogP contribution in [-0.2, 0) is 0 Å². The van der Waals surface area contributed by atoms with Gasteiger partial charge in [-0.1, -0.05) is 40.8 Å². The number of alkyl halides is 5. The van der Waals surface area contributed by atoms with Gasteiger partial charge in [-0.2, -0.15) is 13.2 Å².